The minimum absolute atomic E-state index is 0.612. The molecule has 3 rings (SSSR count). The van der Waals surface area contributed by atoms with Crippen LogP contribution in [0, 0.1) is 0 Å². The Bertz CT molecular complexity index is 662. The zero-order chi connectivity index (χ0) is 11.7. The van der Waals surface area contributed by atoms with Gasteiger partial charge in [0.25, 0.3) is 0 Å². The Kier molecular flexibility index (Phi) is 2.45. The second kappa shape index (κ2) is 4.10. The Balaban J connectivity index is 1.95. The van der Waals surface area contributed by atoms with E-state index in [0.717, 1.165) is 22.3 Å². The minimum atomic E-state index is 0.612. The lowest BCUT2D eigenvalue weighted by molar-refractivity contribution is 1.21. The third-order valence-corrected chi connectivity index (χ3v) is 3.31. The van der Waals surface area contributed by atoms with Crippen molar-refractivity contribution in [2.75, 3.05) is 5.73 Å². The van der Waals surface area contributed by atoms with Crippen LogP contribution in [0.3, 0.4) is 0 Å². The summed E-state index contributed by atoms with van der Waals surface area (Å²) >= 11 is 1.52. The first-order valence-corrected chi connectivity index (χ1v) is 6.03. The number of fused-ring (bicyclic) bond motifs is 1. The van der Waals surface area contributed by atoms with Crippen LogP contribution in [0.1, 0.15) is 10.4 Å². The number of hydrogen-bond donors (Lipinski definition) is 1. The average Bonchev–Trinajstić information content (AvgIpc) is 2.75. The first-order chi connectivity index (χ1) is 8.31. The van der Waals surface area contributed by atoms with Gasteiger partial charge in [-0.05, 0) is 17.7 Å². The Labute approximate surface area is 102 Å². The van der Waals surface area contributed by atoms with Crippen LogP contribution < -0.4 is 5.73 Å². The first-order valence-electron chi connectivity index (χ1n) is 5.21. The molecule has 0 bridgehead atoms. The summed E-state index contributed by atoms with van der Waals surface area (Å²) in [6.07, 6.45) is 6.06. The number of thiazole rings is 1. The van der Waals surface area contributed by atoms with E-state index in [4.69, 9.17) is 5.73 Å². The molecule has 17 heavy (non-hydrogen) atoms. The third kappa shape index (κ3) is 2.09. The van der Waals surface area contributed by atoms with Crippen molar-refractivity contribution < 1.29 is 0 Å². The fraction of sp³-hybridized carbons (Fsp3) is 0.0833. The second-order valence-corrected chi connectivity index (χ2v) is 4.87. The maximum Gasteiger partial charge on any atom is 0.180 e. The van der Waals surface area contributed by atoms with Gasteiger partial charge in [0.1, 0.15) is 0 Å². The molecular formula is C12H10N4S. The number of hydrogen-bond acceptors (Lipinski definition) is 5. The molecule has 2 aromatic heterocycles. The summed E-state index contributed by atoms with van der Waals surface area (Å²) in [5.74, 6) is 0. The molecule has 84 valence electrons. The number of nitrogens with zero attached hydrogens (tertiary/aromatic N) is 3. The number of anilines is 1. The van der Waals surface area contributed by atoms with E-state index in [1.165, 1.54) is 16.9 Å². The number of benzene rings is 1. The van der Waals surface area contributed by atoms with E-state index in [0.29, 0.717) is 5.13 Å². The molecule has 2 N–H and O–H groups in total. The lowest BCUT2D eigenvalue weighted by atomic mass is 10.1. The van der Waals surface area contributed by atoms with Crippen molar-refractivity contribution in [1.82, 2.24) is 15.0 Å². The van der Waals surface area contributed by atoms with Crippen LogP contribution in [-0.4, -0.2) is 15.0 Å². The smallest absolute Gasteiger partial charge is 0.180 e. The van der Waals surface area contributed by atoms with Gasteiger partial charge in [0.05, 0.1) is 11.0 Å². The zero-order valence-corrected chi connectivity index (χ0v) is 9.81. The van der Waals surface area contributed by atoms with Crippen LogP contribution in [0.5, 0.6) is 0 Å². The number of aromatic nitrogens is 3. The van der Waals surface area contributed by atoms with E-state index >= 15 is 0 Å². The van der Waals surface area contributed by atoms with Gasteiger partial charge < -0.3 is 5.73 Å². The van der Waals surface area contributed by atoms with Crippen molar-refractivity contribution in [3.63, 3.8) is 0 Å². The molecule has 0 saturated carbocycles. The van der Waals surface area contributed by atoms with Crippen LogP contribution in [-0.2, 0) is 6.42 Å². The van der Waals surface area contributed by atoms with Crippen LogP contribution in [0.4, 0.5) is 5.13 Å². The van der Waals surface area contributed by atoms with Crippen molar-refractivity contribution in [2.45, 2.75) is 6.42 Å². The second-order valence-electron chi connectivity index (χ2n) is 3.72. The average molecular weight is 242 g/mol. The summed E-state index contributed by atoms with van der Waals surface area (Å²) in [5.41, 5.74) is 8.64. The minimum Gasteiger partial charge on any atom is -0.375 e. The maximum absolute atomic E-state index is 5.61. The van der Waals surface area contributed by atoms with Crippen molar-refractivity contribution >= 4 is 27.5 Å². The van der Waals surface area contributed by atoms with Gasteiger partial charge >= 0.3 is 0 Å². The molecule has 0 unspecified atom stereocenters. The molecule has 0 atom stereocenters. The van der Waals surface area contributed by atoms with Gasteiger partial charge in [0.15, 0.2) is 5.13 Å². The number of nitrogen functional groups attached to an aromatic ring is 1. The van der Waals surface area contributed by atoms with Crippen LogP contribution in [0.2, 0.25) is 0 Å². The van der Waals surface area contributed by atoms with Gasteiger partial charge in [-0.25, -0.2) is 4.98 Å². The lowest BCUT2D eigenvalue weighted by Crippen LogP contribution is -1.87. The third-order valence-electron chi connectivity index (χ3n) is 2.48. The summed E-state index contributed by atoms with van der Waals surface area (Å²) in [6, 6.07) is 6.10. The van der Waals surface area contributed by atoms with Gasteiger partial charge in [-0.1, -0.05) is 6.07 Å². The Morgan fingerprint density at radius 3 is 2.65 bits per heavy atom. The largest absolute Gasteiger partial charge is 0.375 e. The fourth-order valence-electron chi connectivity index (χ4n) is 1.72. The van der Waals surface area contributed by atoms with Crippen molar-refractivity contribution in [1.29, 1.82) is 0 Å². The zero-order valence-electron chi connectivity index (χ0n) is 9.00. The molecule has 0 spiro atoms. The molecule has 3 aromatic rings. The predicted octanol–water partition coefficient (Wildman–Crippen LogP) is 2.26. The van der Waals surface area contributed by atoms with Gasteiger partial charge in [-0.3, -0.25) is 9.97 Å². The summed E-state index contributed by atoms with van der Waals surface area (Å²) in [6.45, 7) is 0. The molecule has 0 aliphatic rings. The summed E-state index contributed by atoms with van der Waals surface area (Å²) in [7, 11) is 0. The van der Waals surface area contributed by atoms with Gasteiger partial charge in [0.2, 0.25) is 0 Å². The molecule has 4 nitrogen and oxygen atoms in total. The topological polar surface area (TPSA) is 64.7 Å². The highest BCUT2D eigenvalue weighted by molar-refractivity contribution is 7.15. The standard InChI is InChI=1S/C12H10N4S/c13-12-16-7-9(17-12)5-8-1-2-10-11(6-8)15-4-3-14-10/h1-4,6-7H,5H2,(H2,13,16). The molecule has 0 amide bonds. The normalized spacial score (nSPS) is 10.8. The van der Waals surface area contributed by atoms with E-state index in [-0.39, 0.29) is 0 Å². The van der Waals surface area contributed by atoms with Gasteiger partial charge in [-0.2, -0.15) is 0 Å². The fourth-order valence-corrected chi connectivity index (χ4v) is 2.44. The highest BCUT2D eigenvalue weighted by Crippen LogP contribution is 2.20. The molecule has 1 aromatic carbocycles. The quantitative estimate of drug-likeness (QED) is 0.748. The molecule has 2 heterocycles. The van der Waals surface area contributed by atoms with Crippen molar-refractivity contribution in [2.24, 2.45) is 0 Å². The molecule has 0 aliphatic heterocycles. The molecule has 0 radical (unpaired) electrons. The monoisotopic (exact) mass is 242 g/mol. The highest BCUT2D eigenvalue weighted by Gasteiger charge is 2.02. The predicted molar refractivity (Wildman–Crippen MR) is 68.9 cm³/mol. The Morgan fingerprint density at radius 2 is 1.88 bits per heavy atom. The highest BCUT2D eigenvalue weighted by atomic mass is 32.1. The molecule has 5 heteroatoms. The molecule has 0 aliphatic carbocycles. The van der Waals surface area contributed by atoms with E-state index in [2.05, 4.69) is 27.1 Å². The Hall–Kier alpha value is -2.01. The number of rotatable bonds is 2. The van der Waals surface area contributed by atoms with Crippen LogP contribution >= 0.6 is 11.3 Å². The van der Waals surface area contributed by atoms with E-state index in [9.17, 15) is 0 Å². The first kappa shape index (κ1) is 10.2. The van der Waals surface area contributed by atoms with Crippen LogP contribution in [0.15, 0.2) is 36.8 Å². The molecular weight excluding hydrogens is 232 g/mol. The SMILES string of the molecule is Nc1ncc(Cc2ccc3nccnc3c2)s1. The van der Waals surface area contributed by atoms with E-state index in [1.54, 1.807) is 12.4 Å². The summed E-state index contributed by atoms with van der Waals surface area (Å²) in [4.78, 5) is 13.7. The van der Waals surface area contributed by atoms with Crippen molar-refractivity contribution in [3.05, 3.63) is 47.2 Å². The van der Waals surface area contributed by atoms with E-state index < -0.39 is 0 Å². The number of nitrogens with two attached hydrogens (primary N) is 1. The van der Waals surface area contributed by atoms with Gasteiger partial charge in [-0.15, -0.1) is 11.3 Å². The van der Waals surface area contributed by atoms with Gasteiger partial charge in [0, 0.05) is 29.9 Å². The molecule has 0 fully saturated rings. The molecule has 0 saturated heterocycles. The maximum atomic E-state index is 5.61. The Morgan fingerprint density at radius 1 is 1.06 bits per heavy atom. The van der Waals surface area contributed by atoms with E-state index in [1.807, 2.05) is 12.3 Å². The van der Waals surface area contributed by atoms with Crippen molar-refractivity contribution in [3.8, 4) is 0 Å². The van der Waals surface area contributed by atoms with Crippen LogP contribution in [0.25, 0.3) is 11.0 Å². The summed E-state index contributed by atoms with van der Waals surface area (Å²) < 4.78 is 0. The lowest BCUT2D eigenvalue weighted by Gasteiger charge is -2.00. The summed E-state index contributed by atoms with van der Waals surface area (Å²) in [5, 5.41) is 0.612.